The molecule has 20 heavy (non-hydrogen) atoms. The molecule has 0 aliphatic carbocycles. The first-order valence-electron chi connectivity index (χ1n) is 6.23. The Balaban J connectivity index is 1.80. The van der Waals surface area contributed by atoms with Crippen LogP contribution in [0, 0.1) is 0 Å². The van der Waals surface area contributed by atoms with Gasteiger partial charge in [0, 0.05) is 7.05 Å². The fraction of sp³-hybridized carbons (Fsp3) is 0.0667. The summed E-state index contributed by atoms with van der Waals surface area (Å²) < 4.78 is 1.95. The average molecular weight is 266 g/mol. The van der Waals surface area contributed by atoms with Crippen LogP contribution in [0.15, 0.2) is 53.6 Å². The van der Waals surface area contributed by atoms with Crippen LogP contribution < -0.4 is 5.43 Å². The number of phenols is 1. The van der Waals surface area contributed by atoms with Gasteiger partial charge in [-0.1, -0.05) is 12.1 Å². The predicted molar refractivity (Wildman–Crippen MR) is 80.0 cm³/mol. The number of hydrogen-bond donors (Lipinski definition) is 2. The fourth-order valence-electron chi connectivity index (χ4n) is 1.97. The van der Waals surface area contributed by atoms with Crippen molar-refractivity contribution in [2.45, 2.75) is 0 Å². The van der Waals surface area contributed by atoms with Gasteiger partial charge in [0.25, 0.3) is 0 Å². The number of aromatic nitrogens is 2. The zero-order valence-electron chi connectivity index (χ0n) is 11.0. The number of hydrogen-bond acceptors (Lipinski definition) is 4. The first kappa shape index (κ1) is 12.2. The van der Waals surface area contributed by atoms with Crippen molar-refractivity contribution in [1.82, 2.24) is 9.55 Å². The highest BCUT2D eigenvalue weighted by Gasteiger charge is 2.04. The Hall–Kier alpha value is -2.82. The second kappa shape index (κ2) is 5.05. The van der Waals surface area contributed by atoms with Gasteiger partial charge in [-0.05, 0) is 42.0 Å². The molecule has 0 fully saturated rings. The minimum Gasteiger partial charge on any atom is -0.508 e. The van der Waals surface area contributed by atoms with Crippen molar-refractivity contribution in [3.05, 3.63) is 54.1 Å². The molecule has 0 spiro atoms. The number of anilines is 1. The molecular formula is C15H14N4O. The Bertz CT molecular complexity index is 759. The summed E-state index contributed by atoms with van der Waals surface area (Å²) in [4.78, 5) is 4.46. The van der Waals surface area contributed by atoms with Gasteiger partial charge in [-0.2, -0.15) is 5.10 Å². The molecule has 1 heterocycles. The summed E-state index contributed by atoms with van der Waals surface area (Å²) >= 11 is 0. The number of hydrazone groups is 1. The number of para-hydroxylation sites is 2. The molecule has 5 heteroatoms. The van der Waals surface area contributed by atoms with Gasteiger partial charge in [-0.25, -0.2) is 10.4 Å². The van der Waals surface area contributed by atoms with Crippen molar-refractivity contribution in [2.24, 2.45) is 12.1 Å². The van der Waals surface area contributed by atoms with Crippen LogP contribution in [0.25, 0.3) is 11.0 Å². The molecule has 1 aromatic heterocycles. The van der Waals surface area contributed by atoms with E-state index in [1.165, 1.54) is 0 Å². The van der Waals surface area contributed by atoms with Gasteiger partial charge < -0.3 is 9.67 Å². The van der Waals surface area contributed by atoms with Gasteiger partial charge in [0.05, 0.1) is 17.2 Å². The zero-order chi connectivity index (χ0) is 13.9. The van der Waals surface area contributed by atoms with Gasteiger partial charge in [0.15, 0.2) is 0 Å². The molecule has 0 aliphatic heterocycles. The highest BCUT2D eigenvalue weighted by Crippen LogP contribution is 2.17. The normalized spacial score (nSPS) is 11.2. The third-order valence-electron chi connectivity index (χ3n) is 3.06. The Kier molecular flexibility index (Phi) is 3.09. The average Bonchev–Trinajstić information content (AvgIpc) is 2.78. The zero-order valence-corrected chi connectivity index (χ0v) is 11.0. The van der Waals surface area contributed by atoms with Crippen molar-refractivity contribution in [2.75, 3.05) is 5.43 Å². The minimum atomic E-state index is 0.241. The van der Waals surface area contributed by atoms with Crippen LogP contribution in [0.4, 0.5) is 5.95 Å². The number of fused-ring (bicyclic) bond motifs is 1. The first-order chi connectivity index (χ1) is 9.74. The topological polar surface area (TPSA) is 62.4 Å². The number of benzene rings is 2. The van der Waals surface area contributed by atoms with E-state index in [4.69, 9.17) is 0 Å². The fourth-order valence-corrected chi connectivity index (χ4v) is 1.97. The number of aromatic hydroxyl groups is 1. The van der Waals surface area contributed by atoms with E-state index in [1.807, 2.05) is 35.9 Å². The molecule has 0 aliphatic rings. The van der Waals surface area contributed by atoms with E-state index in [9.17, 15) is 5.11 Å². The van der Waals surface area contributed by atoms with Crippen LogP contribution >= 0.6 is 0 Å². The Morgan fingerprint density at radius 3 is 2.65 bits per heavy atom. The van der Waals surface area contributed by atoms with E-state index < -0.39 is 0 Å². The van der Waals surface area contributed by atoms with Crippen molar-refractivity contribution in [3.8, 4) is 5.75 Å². The van der Waals surface area contributed by atoms with Gasteiger partial charge in [-0.15, -0.1) is 0 Å². The Morgan fingerprint density at radius 2 is 1.90 bits per heavy atom. The van der Waals surface area contributed by atoms with Crippen LogP contribution in [0.3, 0.4) is 0 Å². The number of nitrogens with one attached hydrogen (secondary N) is 1. The van der Waals surface area contributed by atoms with Crippen LogP contribution in [0.2, 0.25) is 0 Å². The monoisotopic (exact) mass is 266 g/mol. The molecule has 0 saturated carbocycles. The quantitative estimate of drug-likeness (QED) is 0.566. The predicted octanol–water partition coefficient (Wildman–Crippen LogP) is 2.72. The third-order valence-corrected chi connectivity index (χ3v) is 3.06. The van der Waals surface area contributed by atoms with Crippen molar-refractivity contribution < 1.29 is 5.11 Å². The van der Waals surface area contributed by atoms with E-state index >= 15 is 0 Å². The molecule has 3 rings (SSSR count). The molecule has 3 aromatic rings. The third kappa shape index (κ3) is 2.33. The lowest BCUT2D eigenvalue weighted by molar-refractivity contribution is 0.475. The lowest BCUT2D eigenvalue weighted by Gasteiger charge is -2.00. The molecule has 0 radical (unpaired) electrons. The second-order valence-corrected chi connectivity index (χ2v) is 4.44. The molecule has 5 nitrogen and oxygen atoms in total. The van der Waals surface area contributed by atoms with Gasteiger partial charge in [0.2, 0.25) is 5.95 Å². The summed E-state index contributed by atoms with van der Waals surface area (Å²) in [6.07, 6.45) is 1.68. The lowest BCUT2D eigenvalue weighted by Crippen LogP contribution is -1.98. The van der Waals surface area contributed by atoms with E-state index in [1.54, 1.807) is 30.5 Å². The summed E-state index contributed by atoms with van der Waals surface area (Å²) in [5.74, 6) is 0.923. The van der Waals surface area contributed by atoms with Crippen molar-refractivity contribution >= 4 is 23.2 Å². The van der Waals surface area contributed by atoms with E-state index in [-0.39, 0.29) is 5.75 Å². The lowest BCUT2D eigenvalue weighted by atomic mass is 10.2. The first-order valence-corrected chi connectivity index (χ1v) is 6.23. The number of imidazole rings is 1. The summed E-state index contributed by atoms with van der Waals surface area (Å²) in [5.41, 5.74) is 5.80. The number of aryl methyl sites for hydroxylation is 1. The maximum atomic E-state index is 9.20. The molecule has 0 unspecified atom stereocenters. The van der Waals surface area contributed by atoms with E-state index in [0.717, 1.165) is 16.6 Å². The van der Waals surface area contributed by atoms with Crippen LogP contribution in [0.1, 0.15) is 5.56 Å². The van der Waals surface area contributed by atoms with Crippen molar-refractivity contribution in [3.63, 3.8) is 0 Å². The van der Waals surface area contributed by atoms with E-state index in [2.05, 4.69) is 15.5 Å². The van der Waals surface area contributed by atoms with Crippen LogP contribution in [-0.4, -0.2) is 20.9 Å². The van der Waals surface area contributed by atoms with Crippen molar-refractivity contribution in [1.29, 1.82) is 0 Å². The number of nitrogens with zero attached hydrogens (tertiary/aromatic N) is 3. The van der Waals surface area contributed by atoms with Gasteiger partial charge in [-0.3, -0.25) is 0 Å². The molecular weight excluding hydrogens is 252 g/mol. The molecule has 2 N–H and O–H groups in total. The molecule has 0 bridgehead atoms. The van der Waals surface area contributed by atoms with Crippen LogP contribution in [-0.2, 0) is 7.05 Å². The summed E-state index contributed by atoms with van der Waals surface area (Å²) in [7, 11) is 1.94. The highest BCUT2D eigenvalue weighted by molar-refractivity contribution is 5.81. The highest BCUT2D eigenvalue weighted by atomic mass is 16.3. The maximum Gasteiger partial charge on any atom is 0.224 e. The second-order valence-electron chi connectivity index (χ2n) is 4.44. The molecule has 2 aromatic carbocycles. The van der Waals surface area contributed by atoms with Gasteiger partial charge >= 0.3 is 0 Å². The molecule has 0 atom stereocenters. The summed E-state index contributed by atoms with van der Waals surface area (Å²) in [5, 5.41) is 13.4. The molecule has 100 valence electrons. The summed E-state index contributed by atoms with van der Waals surface area (Å²) in [6.45, 7) is 0. The van der Waals surface area contributed by atoms with Gasteiger partial charge in [0.1, 0.15) is 5.75 Å². The molecule has 0 saturated heterocycles. The van der Waals surface area contributed by atoms with Crippen LogP contribution in [0.5, 0.6) is 5.75 Å². The number of phenolic OH excluding ortho intramolecular Hbond substituents is 1. The largest absolute Gasteiger partial charge is 0.508 e. The minimum absolute atomic E-state index is 0.241. The standard InChI is InChI=1S/C15H14N4O/c1-19-14-5-3-2-4-13(14)17-15(19)18-16-10-11-6-8-12(20)9-7-11/h2-10,20H,1H3,(H,17,18)/b16-10-. The summed E-state index contributed by atoms with van der Waals surface area (Å²) in [6, 6.07) is 14.7. The van der Waals surface area contributed by atoms with E-state index in [0.29, 0.717) is 5.95 Å². The Labute approximate surface area is 116 Å². The molecule has 0 amide bonds. The maximum absolute atomic E-state index is 9.20. The number of rotatable bonds is 3. The smallest absolute Gasteiger partial charge is 0.224 e. The Morgan fingerprint density at radius 1 is 1.15 bits per heavy atom. The SMILES string of the molecule is Cn1c(N/N=C\c2ccc(O)cc2)nc2ccccc21.